The minimum absolute atomic E-state index is 0.274. The second-order valence-corrected chi connectivity index (χ2v) is 14.9. The minimum Gasteiger partial charge on any atom is -0.381 e. The lowest BCUT2D eigenvalue weighted by Gasteiger charge is -2.69. The van der Waals surface area contributed by atoms with E-state index in [4.69, 9.17) is 4.74 Å². The van der Waals surface area contributed by atoms with E-state index in [0.717, 1.165) is 29.6 Å². The van der Waals surface area contributed by atoms with Crippen LogP contribution in [0.25, 0.3) is 0 Å². The average molecular weight is 441 g/mol. The van der Waals surface area contributed by atoms with Crippen molar-refractivity contribution in [1.29, 1.82) is 0 Å². The van der Waals surface area contributed by atoms with E-state index < -0.39 is 0 Å². The maximum absolute atomic E-state index is 6.03. The summed E-state index contributed by atoms with van der Waals surface area (Å²) in [5, 5.41) is 0. The molecule has 0 radical (unpaired) electrons. The van der Waals surface area contributed by atoms with Crippen LogP contribution in [0.5, 0.6) is 0 Å². The van der Waals surface area contributed by atoms with Gasteiger partial charge in [-0.1, -0.05) is 67.0 Å². The number of rotatable bonds is 2. The second-order valence-electron chi connectivity index (χ2n) is 14.9. The molecule has 5 aliphatic carbocycles. The molecule has 0 aromatic heterocycles. The van der Waals surface area contributed by atoms with E-state index in [1.54, 1.807) is 0 Å². The van der Waals surface area contributed by atoms with Crippen LogP contribution in [0, 0.1) is 56.7 Å². The fourth-order valence-corrected chi connectivity index (χ4v) is 11.7. The van der Waals surface area contributed by atoms with Gasteiger partial charge in [-0.3, -0.25) is 0 Å². The van der Waals surface area contributed by atoms with Crippen molar-refractivity contribution < 1.29 is 4.74 Å². The number of hydrogen-bond donors (Lipinski definition) is 0. The highest BCUT2D eigenvalue weighted by Gasteiger charge is 2.68. The van der Waals surface area contributed by atoms with Crippen molar-refractivity contribution in [3.8, 4) is 0 Å². The molecule has 32 heavy (non-hydrogen) atoms. The molecule has 0 spiro atoms. The van der Waals surface area contributed by atoms with Crippen molar-refractivity contribution in [2.45, 2.75) is 119 Å². The number of allylic oxidation sites excluding steroid dienone is 2. The normalized spacial score (nSPS) is 54.3. The van der Waals surface area contributed by atoms with Crippen LogP contribution in [0.3, 0.4) is 0 Å². The lowest BCUT2D eigenvalue weighted by molar-refractivity contribution is -0.168. The molecule has 0 aromatic rings. The molecule has 1 heteroatoms. The predicted octanol–water partition coefficient (Wildman–Crippen LogP) is 8.68. The van der Waals surface area contributed by atoms with Crippen molar-refractivity contribution in [2.24, 2.45) is 56.7 Å². The van der Waals surface area contributed by atoms with Crippen molar-refractivity contribution in [3.05, 3.63) is 11.6 Å². The fourth-order valence-electron chi connectivity index (χ4n) is 11.7. The van der Waals surface area contributed by atoms with Crippen molar-refractivity contribution in [2.75, 3.05) is 7.11 Å². The highest BCUT2D eigenvalue weighted by atomic mass is 16.5. The molecule has 5 rings (SSSR count). The second kappa shape index (κ2) is 7.11. The van der Waals surface area contributed by atoms with Gasteiger partial charge < -0.3 is 4.74 Å². The van der Waals surface area contributed by atoms with Gasteiger partial charge in [-0.2, -0.15) is 0 Å². The highest BCUT2D eigenvalue weighted by molar-refractivity contribution is 5.33. The molecule has 182 valence electrons. The summed E-state index contributed by atoms with van der Waals surface area (Å²) in [4.78, 5) is 0. The van der Waals surface area contributed by atoms with Gasteiger partial charge in [0.15, 0.2) is 0 Å². The van der Waals surface area contributed by atoms with E-state index >= 15 is 0 Å². The largest absolute Gasteiger partial charge is 0.381 e. The molecule has 0 saturated heterocycles. The smallest absolute Gasteiger partial charge is 0.0625 e. The van der Waals surface area contributed by atoms with Crippen LogP contribution >= 0.6 is 0 Å². The standard InChI is InChI=1S/C31H52O/c1-20(2)21-10-13-25-29(21,6)18-19-30(7)23-11-12-24-27(3,4)26(32-9)15-16-28(24,5)22(23)14-17-31(25,30)8/h14,20-21,23-26H,10-13,15-19H2,1-9H3/t21?,23?,24?,25?,26?,28-,29+,30+,31-/m1/s1. The first-order chi connectivity index (χ1) is 14.9. The van der Waals surface area contributed by atoms with Crippen LogP contribution in [0.4, 0.5) is 0 Å². The van der Waals surface area contributed by atoms with Gasteiger partial charge in [0.05, 0.1) is 6.10 Å². The Morgan fingerprint density at radius 3 is 2.16 bits per heavy atom. The van der Waals surface area contributed by atoms with Crippen LogP contribution in [0.1, 0.15) is 113 Å². The van der Waals surface area contributed by atoms with Gasteiger partial charge in [0.2, 0.25) is 0 Å². The Kier molecular flexibility index (Phi) is 5.21. The third kappa shape index (κ3) is 2.67. The summed E-state index contributed by atoms with van der Waals surface area (Å²) < 4.78 is 6.03. The van der Waals surface area contributed by atoms with Gasteiger partial charge in [0.1, 0.15) is 0 Å². The lowest BCUT2D eigenvalue weighted by atomic mass is 9.35. The molecule has 9 atom stereocenters. The number of fused-ring (bicyclic) bond motifs is 7. The molecule has 0 aromatic carbocycles. The Bertz CT molecular complexity index is 792. The molecule has 5 aliphatic rings. The van der Waals surface area contributed by atoms with Gasteiger partial charge in [-0.05, 0) is 114 Å². The first-order valence-corrected chi connectivity index (χ1v) is 14.1. The molecule has 5 unspecified atom stereocenters. The van der Waals surface area contributed by atoms with E-state index in [1.165, 1.54) is 57.8 Å². The maximum atomic E-state index is 6.03. The Morgan fingerprint density at radius 1 is 0.812 bits per heavy atom. The Hall–Kier alpha value is -0.300. The molecule has 1 nitrogen and oxygen atoms in total. The van der Waals surface area contributed by atoms with Crippen LogP contribution in [0.2, 0.25) is 0 Å². The topological polar surface area (TPSA) is 9.23 Å². The predicted molar refractivity (Wildman–Crippen MR) is 135 cm³/mol. The summed E-state index contributed by atoms with van der Waals surface area (Å²) in [6.07, 6.45) is 15.8. The van der Waals surface area contributed by atoms with E-state index in [-0.39, 0.29) is 5.41 Å². The van der Waals surface area contributed by atoms with E-state index in [2.05, 4.69) is 61.5 Å². The monoisotopic (exact) mass is 440 g/mol. The Balaban J connectivity index is 1.54. The number of methoxy groups -OCH3 is 1. The van der Waals surface area contributed by atoms with Gasteiger partial charge >= 0.3 is 0 Å². The minimum atomic E-state index is 0.274. The number of ether oxygens (including phenoxy) is 1. The van der Waals surface area contributed by atoms with Gasteiger partial charge in [0, 0.05) is 7.11 Å². The molecular formula is C31H52O. The Labute approximate surface area is 199 Å². The van der Waals surface area contributed by atoms with Crippen LogP contribution in [-0.2, 0) is 4.74 Å². The zero-order chi connectivity index (χ0) is 23.3. The summed E-state index contributed by atoms with van der Waals surface area (Å²) in [5.41, 5.74) is 4.05. The number of hydrogen-bond acceptors (Lipinski definition) is 1. The zero-order valence-corrected chi connectivity index (χ0v) is 22.8. The van der Waals surface area contributed by atoms with E-state index in [9.17, 15) is 0 Å². The van der Waals surface area contributed by atoms with Crippen LogP contribution in [-0.4, -0.2) is 13.2 Å². The van der Waals surface area contributed by atoms with Gasteiger partial charge in [0.25, 0.3) is 0 Å². The van der Waals surface area contributed by atoms with Gasteiger partial charge in [-0.15, -0.1) is 0 Å². The van der Waals surface area contributed by atoms with Crippen molar-refractivity contribution >= 4 is 0 Å². The van der Waals surface area contributed by atoms with Crippen LogP contribution < -0.4 is 0 Å². The zero-order valence-electron chi connectivity index (χ0n) is 22.8. The van der Waals surface area contributed by atoms with Gasteiger partial charge in [-0.25, -0.2) is 0 Å². The Morgan fingerprint density at radius 2 is 1.50 bits per heavy atom. The lowest BCUT2D eigenvalue weighted by Crippen LogP contribution is -2.62. The first kappa shape index (κ1) is 23.4. The summed E-state index contributed by atoms with van der Waals surface area (Å²) in [6.45, 7) is 20.9. The van der Waals surface area contributed by atoms with E-state index in [0.29, 0.717) is 27.8 Å². The van der Waals surface area contributed by atoms with E-state index in [1.807, 2.05) is 12.7 Å². The third-order valence-electron chi connectivity index (χ3n) is 13.5. The molecule has 0 bridgehead atoms. The summed E-state index contributed by atoms with van der Waals surface area (Å²) in [5.74, 6) is 4.23. The summed E-state index contributed by atoms with van der Waals surface area (Å²) in [7, 11) is 1.94. The molecule has 0 aliphatic heterocycles. The molecule has 0 amide bonds. The average Bonchev–Trinajstić information content (AvgIpc) is 3.08. The molecular weight excluding hydrogens is 388 g/mol. The first-order valence-electron chi connectivity index (χ1n) is 14.1. The fraction of sp³-hybridized carbons (Fsp3) is 0.935. The highest BCUT2D eigenvalue weighted by Crippen LogP contribution is 2.76. The maximum Gasteiger partial charge on any atom is 0.0625 e. The third-order valence-corrected chi connectivity index (χ3v) is 13.5. The van der Waals surface area contributed by atoms with Crippen molar-refractivity contribution in [3.63, 3.8) is 0 Å². The molecule has 4 fully saturated rings. The summed E-state index contributed by atoms with van der Waals surface area (Å²) >= 11 is 0. The van der Waals surface area contributed by atoms with Crippen molar-refractivity contribution in [1.82, 2.24) is 0 Å². The molecule has 0 N–H and O–H groups in total. The molecule has 0 heterocycles. The SMILES string of the molecule is COC1CC[C@]2(C)C3=CC[C@]4(C)C5CCC(C(C)C)[C@]5(C)CC[C@@]4(C)C3CCC2C1(C)C. The molecule has 4 saturated carbocycles. The van der Waals surface area contributed by atoms with Crippen LogP contribution in [0.15, 0.2) is 11.6 Å². The summed E-state index contributed by atoms with van der Waals surface area (Å²) in [6, 6.07) is 0. The quantitative estimate of drug-likeness (QED) is 0.390.